The summed E-state index contributed by atoms with van der Waals surface area (Å²) in [5.74, 6) is 0.854. The van der Waals surface area contributed by atoms with Crippen LogP contribution in [0.4, 0.5) is 0 Å². The van der Waals surface area contributed by atoms with Crippen LogP contribution in [0.15, 0.2) is 0 Å². The zero-order chi connectivity index (χ0) is 12.5. The van der Waals surface area contributed by atoms with Crippen LogP contribution in [0.2, 0.25) is 0 Å². The van der Waals surface area contributed by atoms with Gasteiger partial charge in [-0.15, -0.1) is 0 Å². The molecule has 0 aliphatic carbocycles. The van der Waals surface area contributed by atoms with Gasteiger partial charge in [-0.05, 0) is 44.8 Å². The standard InChI is InChI=1S/C12H25N3O2/c1-17-9-6-14-12(16)10-15-7-3-11(2-5-13)4-8-15/h11H,2-10,13H2,1H3,(H,14,16). The van der Waals surface area contributed by atoms with Crippen molar-refractivity contribution in [2.24, 2.45) is 11.7 Å². The Bertz CT molecular complexity index is 216. The van der Waals surface area contributed by atoms with Crippen LogP contribution in [-0.4, -0.2) is 57.2 Å². The van der Waals surface area contributed by atoms with Gasteiger partial charge in [-0.3, -0.25) is 9.69 Å². The molecule has 0 radical (unpaired) electrons. The van der Waals surface area contributed by atoms with Crippen LogP contribution in [-0.2, 0) is 9.53 Å². The van der Waals surface area contributed by atoms with E-state index >= 15 is 0 Å². The van der Waals surface area contributed by atoms with Crippen molar-refractivity contribution in [3.63, 3.8) is 0 Å². The highest BCUT2D eigenvalue weighted by Gasteiger charge is 2.19. The maximum Gasteiger partial charge on any atom is 0.234 e. The molecular weight excluding hydrogens is 218 g/mol. The Morgan fingerprint density at radius 3 is 2.76 bits per heavy atom. The third-order valence-corrected chi connectivity index (χ3v) is 3.28. The summed E-state index contributed by atoms with van der Waals surface area (Å²) in [6.07, 6.45) is 3.46. The minimum atomic E-state index is 0.0966. The van der Waals surface area contributed by atoms with Crippen LogP contribution in [0.5, 0.6) is 0 Å². The minimum Gasteiger partial charge on any atom is -0.383 e. The van der Waals surface area contributed by atoms with E-state index in [0.717, 1.165) is 32.0 Å². The number of ether oxygens (including phenoxy) is 1. The second-order valence-electron chi connectivity index (χ2n) is 4.64. The summed E-state index contributed by atoms with van der Waals surface area (Å²) in [7, 11) is 1.63. The lowest BCUT2D eigenvalue weighted by molar-refractivity contribution is -0.122. The third kappa shape index (κ3) is 6.00. The van der Waals surface area contributed by atoms with Crippen molar-refractivity contribution in [2.45, 2.75) is 19.3 Å². The van der Waals surface area contributed by atoms with Crippen molar-refractivity contribution >= 4 is 5.91 Å². The van der Waals surface area contributed by atoms with Gasteiger partial charge in [-0.25, -0.2) is 0 Å². The first-order valence-corrected chi connectivity index (χ1v) is 6.44. The monoisotopic (exact) mass is 243 g/mol. The Morgan fingerprint density at radius 1 is 1.47 bits per heavy atom. The van der Waals surface area contributed by atoms with Crippen molar-refractivity contribution in [1.82, 2.24) is 10.2 Å². The quantitative estimate of drug-likeness (QED) is 0.608. The average Bonchev–Trinajstić information content (AvgIpc) is 2.32. The predicted octanol–water partition coefficient (Wildman–Crippen LogP) is -0.190. The van der Waals surface area contributed by atoms with Crippen molar-refractivity contribution in [1.29, 1.82) is 0 Å². The van der Waals surface area contributed by atoms with Gasteiger partial charge >= 0.3 is 0 Å². The molecule has 0 aromatic heterocycles. The Labute approximate surface area is 104 Å². The predicted molar refractivity (Wildman–Crippen MR) is 67.7 cm³/mol. The molecule has 0 saturated carbocycles. The molecule has 5 heteroatoms. The van der Waals surface area contributed by atoms with E-state index in [4.69, 9.17) is 10.5 Å². The molecule has 3 N–H and O–H groups in total. The molecule has 1 heterocycles. The van der Waals surface area contributed by atoms with Crippen LogP contribution < -0.4 is 11.1 Å². The lowest BCUT2D eigenvalue weighted by atomic mass is 9.94. The first-order chi connectivity index (χ1) is 8.26. The van der Waals surface area contributed by atoms with Crippen molar-refractivity contribution in [3.05, 3.63) is 0 Å². The molecule has 1 amide bonds. The molecule has 1 rings (SSSR count). The summed E-state index contributed by atoms with van der Waals surface area (Å²) >= 11 is 0. The first kappa shape index (κ1) is 14.4. The number of nitrogens with one attached hydrogen (secondary N) is 1. The molecule has 1 fully saturated rings. The fraction of sp³-hybridized carbons (Fsp3) is 0.917. The van der Waals surface area contributed by atoms with Gasteiger partial charge in [0.1, 0.15) is 0 Å². The number of methoxy groups -OCH3 is 1. The Morgan fingerprint density at radius 2 is 2.18 bits per heavy atom. The lowest BCUT2D eigenvalue weighted by Gasteiger charge is -2.31. The number of carbonyl (C=O) groups is 1. The van der Waals surface area contributed by atoms with Gasteiger partial charge in [-0.1, -0.05) is 0 Å². The summed E-state index contributed by atoms with van der Waals surface area (Å²) in [5.41, 5.74) is 5.55. The number of amides is 1. The SMILES string of the molecule is COCCNC(=O)CN1CCC(CCN)CC1. The van der Waals surface area contributed by atoms with Crippen molar-refractivity contribution < 1.29 is 9.53 Å². The van der Waals surface area contributed by atoms with E-state index in [2.05, 4.69) is 10.2 Å². The Hall–Kier alpha value is -0.650. The Kier molecular flexibility index (Phi) is 7.16. The minimum absolute atomic E-state index is 0.0966. The van der Waals surface area contributed by atoms with E-state index in [1.54, 1.807) is 7.11 Å². The van der Waals surface area contributed by atoms with Gasteiger partial charge in [0.05, 0.1) is 13.2 Å². The van der Waals surface area contributed by atoms with Gasteiger partial charge in [0.15, 0.2) is 0 Å². The molecular formula is C12H25N3O2. The number of nitrogens with zero attached hydrogens (tertiary/aromatic N) is 1. The van der Waals surface area contributed by atoms with E-state index < -0.39 is 0 Å². The number of nitrogens with two attached hydrogens (primary N) is 1. The molecule has 0 atom stereocenters. The lowest BCUT2D eigenvalue weighted by Crippen LogP contribution is -2.42. The second kappa shape index (κ2) is 8.44. The maximum atomic E-state index is 11.6. The average molecular weight is 243 g/mol. The molecule has 0 aromatic carbocycles. The van der Waals surface area contributed by atoms with E-state index in [1.165, 1.54) is 12.8 Å². The van der Waals surface area contributed by atoms with Gasteiger partial charge in [0, 0.05) is 13.7 Å². The van der Waals surface area contributed by atoms with Crippen molar-refractivity contribution in [3.8, 4) is 0 Å². The number of hydrogen-bond donors (Lipinski definition) is 2. The van der Waals surface area contributed by atoms with Gasteiger partial charge in [0.25, 0.3) is 0 Å². The zero-order valence-electron chi connectivity index (χ0n) is 10.8. The fourth-order valence-corrected chi connectivity index (χ4v) is 2.22. The molecule has 5 nitrogen and oxygen atoms in total. The summed E-state index contributed by atoms with van der Waals surface area (Å²) < 4.78 is 4.88. The molecule has 17 heavy (non-hydrogen) atoms. The molecule has 1 saturated heterocycles. The summed E-state index contributed by atoms with van der Waals surface area (Å²) in [6.45, 7) is 4.50. The van der Waals surface area contributed by atoms with Crippen LogP contribution >= 0.6 is 0 Å². The highest BCUT2D eigenvalue weighted by atomic mass is 16.5. The number of likely N-dealkylation sites (tertiary alicyclic amines) is 1. The molecule has 100 valence electrons. The summed E-state index contributed by atoms with van der Waals surface area (Å²) in [5, 5.41) is 2.84. The fourth-order valence-electron chi connectivity index (χ4n) is 2.22. The normalized spacial score (nSPS) is 18.2. The number of hydrogen-bond acceptors (Lipinski definition) is 4. The van der Waals surface area contributed by atoms with E-state index in [9.17, 15) is 4.79 Å². The third-order valence-electron chi connectivity index (χ3n) is 3.28. The number of piperidine rings is 1. The van der Waals surface area contributed by atoms with Crippen LogP contribution in [0.25, 0.3) is 0 Å². The number of carbonyl (C=O) groups excluding carboxylic acids is 1. The van der Waals surface area contributed by atoms with Crippen LogP contribution in [0.3, 0.4) is 0 Å². The molecule has 1 aliphatic rings. The highest BCUT2D eigenvalue weighted by molar-refractivity contribution is 5.77. The van der Waals surface area contributed by atoms with Crippen LogP contribution in [0, 0.1) is 5.92 Å². The van der Waals surface area contributed by atoms with Crippen LogP contribution in [0.1, 0.15) is 19.3 Å². The second-order valence-corrected chi connectivity index (χ2v) is 4.64. The summed E-state index contributed by atoms with van der Waals surface area (Å²) in [4.78, 5) is 13.8. The number of rotatable bonds is 7. The van der Waals surface area contributed by atoms with Gasteiger partial charge in [0.2, 0.25) is 5.91 Å². The molecule has 1 aliphatic heterocycles. The molecule has 0 bridgehead atoms. The Balaban J connectivity index is 2.10. The molecule has 0 spiro atoms. The zero-order valence-corrected chi connectivity index (χ0v) is 10.8. The van der Waals surface area contributed by atoms with Gasteiger partial charge < -0.3 is 15.8 Å². The van der Waals surface area contributed by atoms with E-state index in [0.29, 0.717) is 19.7 Å². The topological polar surface area (TPSA) is 67.6 Å². The van der Waals surface area contributed by atoms with E-state index in [-0.39, 0.29) is 5.91 Å². The van der Waals surface area contributed by atoms with Crippen molar-refractivity contribution in [2.75, 3.05) is 46.4 Å². The maximum absolute atomic E-state index is 11.6. The largest absolute Gasteiger partial charge is 0.383 e. The van der Waals surface area contributed by atoms with E-state index in [1.807, 2.05) is 0 Å². The molecule has 0 unspecified atom stereocenters. The smallest absolute Gasteiger partial charge is 0.234 e. The highest BCUT2D eigenvalue weighted by Crippen LogP contribution is 2.19. The van der Waals surface area contributed by atoms with Gasteiger partial charge in [-0.2, -0.15) is 0 Å². The summed E-state index contributed by atoms with van der Waals surface area (Å²) in [6, 6.07) is 0. The first-order valence-electron chi connectivity index (χ1n) is 6.44. The molecule has 0 aromatic rings.